The lowest BCUT2D eigenvalue weighted by molar-refractivity contribution is -0.123. The summed E-state index contributed by atoms with van der Waals surface area (Å²) in [5.41, 5.74) is 0.831. The number of hydrogen-bond donors (Lipinski definition) is 4. The van der Waals surface area contributed by atoms with E-state index in [0.717, 1.165) is 44.3 Å². The lowest BCUT2D eigenvalue weighted by Crippen LogP contribution is -2.40. The van der Waals surface area contributed by atoms with Gasteiger partial charge in [0.1, 0.15) is 5.82 Å². The van der Waals surface area contributed by atoms with Crippen molar-refractivity contribution in [2.45, 2.75) is 31.8 Å². The second-order valence-corrected chi connectivity index (χ2v) is 7.46. The van der Waals surface area contributed by atoms with Crippen molar-refractivity contribution in [1.82, 2.24) is 20.9 Å². The zero-order chi connectivity index (χ0) is 18.1. The summed E-state index contributed by atoms with van der Waals surface area (Å²) in [6.45, 7) is 3.04. The molecule has 7 heteroatoms. The molecule has 6 nitrogen and oxygen atoms in total. The number of H-pyrrole nitrogens is 1. The van der Waals surface area contributed by atoms with E-state index in [2.05, 4.69) is 20.9 Å². The molecule has 2 saturated heterocycles. The average molecular weight is 358 g/mol. The number of rotatable bonds is 3. The molecule has 1 aromatic carbocycles. The first-order chi connectivity index (χ1) is 12.5. The van der Waals surface area contributed by atoms with Crippen LogP contribution in [0.25, 0.3) is 10.9 Å². The molecule has 3 heterocycles. The van der Waals surface area contributed by atoms with Gasteiger partial charge in [-0.15, -0.1) is 0 Å². The molecule has 2 aliphatic heterocycles. The van der Waals surface area contributed by atoms with E-state index < -0.39 is 5.82 Å². The number of amides is 1. The fraction of sp³-hybridized carbons (Fsp3) is 0.474. The van der Waals surface area contributed by atoms with E-state index in [4.69, 9.17) is 0 Å². The third-order valence-corrected chi connectivity index (χ3v) is 5.68. The van der Waals surface area contributed by atoms with Crippen molar-refractivity contribution < 1.29 is 9.18 Å². The Bertz CT molecular complexity index is 889. The average Bonchev–Trinajstić information content (AvgIpc) is 3.04. The number of pyridine rings is 1. The van der Waals surface area contributed by atoms with Gasteiger partial charge in [-0.2, -0.15) is 0 Å². The number of carbonyl (C=O) groups excluding carboxylic acids is 1. The van der Waals surface area contributed by atoms with Crippen molar-refractivity contribution in [1.29, 1.82) is 0 Å². The van der Waals surface area contributed by atoms with Crippen LogP contribution < -0.4 is 21.5 Å². The van der Waals surface area contributed by atoms with Gasteiger partial charge in [0.05, 0.1) is 11.6 Å². The van der Waals surface area contributed by atoms with Crippen LogP contribution in [0, 0.1) is 11.2 Å². The molecule has 2 aromatic rings. The Morgan fingerprint density at radius 1 is 1.27 bits per heavy atom. The summed E-state index contributed by atoms with van der Waals surface area (Å²) in [6.07, 6.45) is 3.02. The second-order valence-electron chi connectivity index (χ2n) is 7.46. The number of fused-ring (bicyclic) bond motifs is 1. The van der Waals surface area contributed by atoms with Crippen LogP contribution in [0.2, 0.25) is 0 Å². The predicted molar refractivity (Wildman–Crippen MR) is 97.3 cm³/mol. The summed E-state index contributed by atoms with van der Waals surface area (Å²) in [5.74, 6) is -0.465. The summed E-state index contributed by atoms with van der Waals surface area (Å²) in [4.78, 5) is 27.4. The van der Waals surface area contributed by atoms with Gasteiger partial charge in [0, 0.05) is 18.7 Å². The molecule has 26 heavy (non-hydrogen) atoms. The first kappa shape index (κ1) is 17.2. The Morgan fingerprint density at radius 3 is 2.88 bits per heavy atom. The molecule has 1 unspecified atom stereocenters. The van der Waals surface area contributed by atoms with E-state index in [-0.39, 0.29) is 29.5 Å². The Balaban J connectivity index is 1.42. The molecule has 4 rings (SSSR count). The van der Waals surface area contributed by atoms with E-state index in [0.29, 0.717) is 11.1 Å². The topological polar surface area (TPSA) is 86.0 Å². The maximum atomic E-state index is 13.3. The van der Waals surface area contributed by atoms with Crippen LogP contribution in [0.5, 0.6) is 0 Å². The fourth-order valence-electron chi connectivity index (χ4n) is 4.10. The summed E-state index contributed by atoms with van der Waals surface area (Å²) in [7, 11) is 0. The number of benzene rings is 1. The maximum Gasteiger partial charge on any atom is 0.253 e. The van der Waals surface area contributed by atoms with Crippen molar-refractivity contribution in [2.75, 3.05) is 19.6 Å². The molecule has 2 fully saturated rings. The second kappa shape index (κ2) is 6.81. The number of aromatic nitrogens is 1. The number of aromatic amines is 1. The Hall–Kier alpha value is -2.25. The molecule has 0 saturated carbocycles. The molecule has 1 spiro atoms. The van der Waals surface area contributed by atoms with Crippen molar-refractivity contribution in [3.05, 3.63) is 46.0 Å². The minimum atomic E-state index is -0.395. The number of hydrogen-bond acceptors (Lipinski definition) is 4. The van der Waals surface area contributed by atoms with Crippen LogP contribution in [0.15, 0.2) is 29.1 Å². The molecule has 0 bridgehead atoms. The first-order valence-electron chi connectivity index (χ1n) is 9.08. The molecule has 1 aromatic heterocycles. The van der Waals surface area contributed by atoms with Crippen LogP contribution in [-0.2, 0) is 11.3 Å². The zero-order valence-electron chi connectivity index (χ0n) is 14.5. The van der Waals surface area contributed by atoms with Crippen LogP contribution >= 0.6 is 0 Å². The van der Waals surface area contributed by atoms with Crippen molar-refractivity contribution in [3.8, 4) is 0 Å². The van der Waals surface area contributed by atoms with Crippen LogP contribution in [0.3, 0.4) is 0 Å². The lowest BCUT2D eigenvalue weighted by atomic mass is 9.77. The zero-order valence-corrected chi connectivity index (χ0v) is 14.5. The van der Waals surface area contributed by atoms with Gasteiger partial charge < -0.3 is 20.9 Å². The van der Waals surface area contributed by atoms with Gasteiger partial charge in [0.15, 0.2) is 0 Å². The quantitative estimate of drug-likeness (QED) is 0.660. The predicted octanol–water partition coefficient (Wildman–Crippen LogP) is 1.02. The van der Waals surface area contributed by atoms with Crippen molar-refractivity contribution >= 4 is 16.8 Å². The standard InChI is InChI=1S/C19H23FN4O2/c20-14-2-1-12-7-13(17(25)24-15(12)8-14)10-22-18(26)16-9-19(11-23-16)3-5-21-6-4-19/h1-2,7-8,16,21,23H,3-6,9-11H2,(H,22,26)(H,24,25). The molecular formula is C19H23FN4O2. The molecule has 138 valence electrons. The molecule has 0 radical (unpaired) electrons. The highest BCUT2D eigenvalue weighted by Crippen LogP contribution is 2.37. The van der Waals surface area contributed by atoms with Gasteiger partial charge in [-0.25, -0.2) is 4.39 Å². The lowest BCUT2D eigenvalue weighted by Gasteiger charge is -2.33. The first-order valence-corrected chi connectivity index (χ1v) is 9.08. The normalized spacial score (nSPS) is 22.0. The van der Waals surface area contributed by atoms with Gasteiger partial charge in [-0.1, -0.05) is 0 Å². The number of piperidine rings is 1. The molecule has 1 atom stereocenters. The smallest absolute Gasteiger partial charge is 0.253 e. The molecule has 1 amide bonds. The van der Waals surface area contributed by atoms with Crippen LogP contribution in [0.4, 0.5) is 4.39 Å². The number of halogens is 1. The van der Waals surface area contributed by atoms with Crippen LogP contribution in [-0.4, -0.2) is 36.6 Å². The highest BCUT2D eigenvalue weighted by Gasteiger charge is 2.41. The summed E-state index contributed by atoms with van der Waals surface area (Å²) in [6, 6.07) is 5.75. The molecule has 2 aliphatic rings. The van der Waals surface area contributed by atoms with E-state index >= 15 is 0 Å². The molecule has 0 aliphatic carbocycles. The number of carbonyl (C=O) groups is 1. The largest absolute Gasteiger partial charge is 0.350 e. The summed E-state index contributed by atoms with van der Waals surface area (Å²) >= 11 is 0. The van der Waals surface area contributed by atoms with E-state index in [1.54, 1.807) is 12.1 Å². The highest BCUT2D eigenvalue weighted by molar-refractivity contribution is 5.82. The van der Waals surface area contributed by atoms with Crippen LogP contribution in [0.1, 0.15) is 24.8 Å². The summed E-state index contributed by atoms with van der Waals surface area (Å²) in [5, 5.41) is 10.3. The third-order valence-electron chi connectivity index (χ3n) is 5.68. The third kappa shape index (κ3) is 3.37. The van der Waals surface area contributed by atoms with E-state index in [1.165, 1.54) is 12.1 Å². The molecular weight excluding hydrogens is 335 g/mol. The van der Waals surface area contributed by atoms with Gasteiger partial charge in [-0.3, -0.25) is 9.59 Å². The minimum absolute atomic E-state index is 0.0704. The number of nitrogens with one attached hydrogen (secondary N) is 4. The van der Waals surface area contributed by atoms with E-state index in [9.17, 15) is 14.0 Å². The maximum absolute atomic E-state index is 13.3. The Kier molecular flexibility index (Phi) is 4.50. The van der Waals surface area contributed by atoms with Gasteiger partial charge >= 0.3 is 0 Å². The Morgan fingerprint density at radius 2 is 2.08 bits per heavy atom. The monoisotopic (exact) mass is 358 g/mol. The van der Waals surface area contributed by atoms with Crippen molar-refractivity contribution in [3.63, 3.8) is 0 Å². The van der Waals surface area contributed by atoms with Crippen molar-refractivity contribution in [2.24, 2.45) is 5.41 Å². The fourth-order valence-corrected chi connectivity index (χ4v) is 4.10. The van der Waals surface area contributed by atoms with Gasteiger partial charge in [0.2, 0.25) is 5.91 Å². The van der Waals surface area contributed by atoms with Gasteiger partial charge in [0.25, 0.3) is 5.56 Å². The molecule has 4 N–H and O–H groups in total. The minimum Gasteiger partial charge on any atom is -0.350 e. The van der Waals surface area contributed by atoms with Gasteiger partial charge in [-0.05, 0) is 67.4 Å². The SMILES string of the molecule is O=C(NCc1cc2ccc(F)cc2[nH]c1=O)C1CC2(CCNCC2)CN1. The Labute approximate surface area is 150 Å². The van der Waals surface area contributed by atoms with E-state index in [1.807, 2.05) is 0 Å². The summed E-state index contributed by atoms with van der Waals surface area (Å²) < 4.78 is 13.3. The highest BCUT2D eigenvalue weighted by atomic mass is 19.1.